The normalized spacial score (nSPS) is 18.4. The highest BCUT2D eigenvalue weighted by molar-refractivity contribution is 5.41. The molecule has 20 heavy (non-hydrogen) atoms. The predicted molar refractivity (Wildman–Crippen MR) is 78.2 cm³/mol. The molecule has 2 rings (SSSR count). The predicted octanol–water partition coefficient (Wildman–Crippen LogP) is 2.57. The van der Waals surface area contributed by atoms with Crippen LogP contribution in [0, 0.1) is 13.8 Å². The van der Waals surface area contributed by atoms with Crippen LogP contribution in [-0.2, 0) is 11.2 Å². The molecule has 4 nitrogen and oxygen atoms in total. The van der Waals surface area contributed by atoms with E-state index in [-0.39, 0.29) is 5.60 Å². The van der Waals surface area contributed by atoms with Gasteiger partial charge in [0.1, 0.15) is 5.75 Å². The van der Waals surface area contributed by atoms with Crippen molar-refractivity contribution in [2.24, 2.45) is 0 Å². The number of aliphatic hydroxyl groups is 1. The highest BCUT2D eigenvalue weighted by Crippen LogP contribution is 2.39. The third-order valence-electron chi connectivity index (χ3n) is 4.48. The molecule has 1 aromatic heterocycles. The van der Waals surface area contributed by atoms with Crippen LogP contribution >= 0.6 is 0 Å². The third-order valence-corrected chi connectivity index (χ3v) is 4.48. The van der Waals surface area contributed by atoms with Crippen LogP contribution in [-0.4, -0.2) is 36.0 Å². The highest BCUT2D eigenvalue weighted by atomic mass is 16.5. The monoisotopic (exact) mass is 279 g/mol. The number of hydrogen-bond donors (Lipinski definition) is 1. The van der Waals surface area contributed by atoms with Gasteiger partial charge in [-0.05, 0) is 33.1 Å². The van der Waals surface area contributed by atoms with E-state index in [0.717, 1.165) is 35.4 Å². The summed E-state index contributed by atoms with van der Waals surface area (Å²) in [6.45, 7) is 3.98. The molecule has 1 atom stereocenters. The van der Waals surface area contributed by atoms with Gasteiger partial charge < -0.3 is 14.6 Å². The molecule has 0 aromatic carbocycles. The number of rotatable bonds is 6. The lowest BCUT2D eigenvalue weighted by Gasteiger charge is -2.41. The lowest BCUT2D eigenvalue weighted by atomic mass is 9.75. The Labute approximate surface area is 121 Å². The summed E-state index contributed by atoms with van der Waals surface area (Å²) < 4.78 is 11.0. The molecule has 1 aliphatic rings. The van der Waals surface area contributed by atoms with Crippen molar-refractivity contribution in [3.05, 3.63) is 23.0 Å². The first-order valence-electron chi connectivity index (χ1n) is 7.23. The van der Waals surface area contributed by atoms with Gasteiger partial charge in [-0.15, -0.1) is 0 Å². The maximum Gasteiger partial charge on any atom is 0.128 e. The Morgan fingerprint density at radius 2 is 2.05 bits per heavy atom. The fourth-order valence-corrected chi connectivity index (χ4v) is 3.06. The molecule has 1 N–H and O–H groups in total. The minimum Gasteiger partial charge on any atom is -0.496 e. The van der Waals surface area contributed by atoms with E-state index in [4.69, 9.17) is 9.47 Å². The first kappa shape index (κ1) is 15.3. The van der Waals surface area contributed by atoms with E-state index < -0.39 is 6.10 Å². The van der Waals surface area contributed by atoms with Gasteiger partial charge >= 0.3 is 0 Å². The van der Waals surface area contributed by atoms with Crippen molar-refractivity contribution in [1.82, 2.24) is 4.98 Å². The Kier molecular flexibility index (Phi) is 4.66. The van der Waals surface area contributed by atoms with E-state index in [1.165, 1.54) is 6.42 Å². The Morgan fingerprint density at radius 1 is 1.35 bits per heavy atom. The van der Waals surface area contributed by atoms with Crippen LogP contribution in [0.5, 0.6) is 5.75 Å². The fourth-order valence-electron chi connectivity index (χ4n) is 3.06. The van der Waals surface area contributed by atoms with Crippen molar-refractivity contribution in [1.29, 1.82) is 0 Å². The Bertz CT molecular complexity index is 464. The van der Waals surface area contributed by atoms with Crippen LogP contribution in [0.4, 0.5) is 0 Å². The minimum atomic E-state index is -0.422. The number of aromatic nitrogens is 1. The Balaban J connectivity index is 2.06. The number of nitrogens with zero attached hydrogens (tertiary/aromatic N) is 1. The van der Waals surface area contributed by atoms with Crippen molar-refractivity contribution in [3.63, 3.8) is 0 Å². The Morgan fingerprint density at radius 3 is 2.55 bits per heavy atom. The maximum atomic E-state index is 10.3. The molecular formula is C16H25NO3. The zero-order chi connectivity index (χ0) is 14.8. The second kappa shape index (κ2) is 6.10. The van der Waals surface area contributed by atoms with Gasteiger partial charge in [0.2, 0.25) is 0 Å². The van der Waals surface area contributed by atoms with Crippen molar-refractivity contribution in [3.8, 4) is 5.75 Å². The smallest absolute Gasteiger partial charge is 0.128 e. The summed E-state index contributed by atoms with van der Waals surface area (Å²) in [7, 11) is 3.41. The molecule has 0 radical (unpaired) electrons. The SMILES string of the molecule is COc1c(C)cnc(CC(O)CC2(OC)CCC2)c1C. The largest absolute Gasteiger partial charge is 0.496 e. The highest BCUT2D eigenvalue weighted by Gasteiger charge is 2.38. The van der Waals surface area contributed by atoms with E-state index >= 15 is 0 Å². The van der Waals surface area contributed by atoms with E-state index in [2.05, 4.69) is 4.98 Å². The van der Waals surface area contributed by atoms with Gasteiger partial charge in [0, 0.05) is 43.0 Å². The average Bonchev–Trinajstić information content (AvgIpc) is 2.38. The summed E-state index contributed by atoms with van der Waals surface area (Å²) in [5.74, 6) is 0.868. The van der Waals surface area contributed by atoms with E-state index in [9.17, 15) is 5.11 Å². The molecule has 1 aliphatic carbocycles. The van der Waals surface area contributed by atoms with E-state index in [1.54, 1.807) is 14.2 Å². The number of pyridine rings is 1. The molecule has 0 bridgehead atoms. The summed E-state index contributed by atoms with van der Waals surface area (Å²) >= 11 is 0. The van der Waals surface area contributed by atoms with Gasteiger partial charge in [-0.2, -0.15) is 0 Å². The van der Waals surface area contributed by atoms with Crippen LogP contribution in [0.2, 0.25) is 0 Å². The van der Waals surface area contributed by atoms with Gasteiger partial charge in [0.15, 0.2) is 0 Å². The second-order valence-electron chi connectivity index (χ2n) is 5.85. The molecular weight excluding hydrogens is 254 g/mol. The second-order valence-corrected chi connectivity index (χ2v) is 5.85. The molecule has 112 valence electrons. The topological polar surface area (TPSA) is 51.6 Å². The van der Waals surface area contributed by atoms with Crippen LogP contribution in [0.15, 0.2) is 6.20 Å². The number of ether oxygens (including phenoxy) is 2. The average molecular weight is 279 g/mol. The molecule has 1 saturated carbocycles. The van der Waals surface area contributed by atoms with Gasteiger partial charge in [-0.1, -0.05) is 0 Å². The first-order valence-corrected chi connectivity index (χ1v) is 7.23. The molecule has 0 amide bonds. The number of hydrogen-bond acceptors (Lipinski definition) is 4. The first-order chi connectivity index (χ1) is 9.51. The number of aryl methyl sites for hydroxylation is 1. The molecule has 1 unspecified atom stereocenters. The Hall–Kier alpha value is -1.13. The molecule has 1 fully saturated rings. The molecule has 0 spiro atoms. The van der Waals surface area contributed by atoms with Crippen LogP contribution in [0.1, 0.15) is 42.5 Å². The van der Waals surface area contributed by atoms with Gasteiger partial charge in [-0.3, -0.25) is 4.98 Å². The van der Waals surface area contributed by atoms with E-state index in [0.29, 0.717) is 12.8 Å². The van der Waals surface area contributed by atoms with E-state index in [1.807, 2.05) is 20.0 Å². The molecule has 0 saturated heterocycles. The van der Waals surface area contributed by atoms with Crippen molar-refractivity contribution >= 4 is 0 Å². The van der Waals surface area contributed by atoms with Crippen molar-refractivity contribution in [2.75, 3.05) is 14.2 Å². The number of methoxy groups -OCH3 is 2. The summed E-state index contributed by atoms with van der Waals surface area (Å²) in [6.07, 6.45) is 5.90. The summed E-state index contributed by atoms with van der Waals surface area (Å²) in [5.41, 5.74) is 2.84. The van der Waals surface area contributed by atoms with Crippen molar-refractivity contribution in [2.45, 2.75) is 57.7 Å². The zero-order valence-corrected chi connectivity index (χ0v) is 12.9. The molecule has 1 aromatic rings. The van der Waals surface area contributed by atoms with Crippen LogP contribution < -0.4 is 4.74 Å². The number of aliphatic hydroxyl groups excluding tert-OH is 1. The fraction of sp³-hybridized carbons (Fsp3) is 0.688. The molecule has 4 heteroatoms. The maximum absolute atomic E-state index is 10.3. The minimum absolute atomic E-state index is 0.109. The van der Waals surface area contributed by atoms with Gasteiger partial charge in [-0.25, -0.2) is 0 Å². The molecule has 0 aliphatic heterocycles. The molecule has 1 heterocycles. The lowest BCUT2D eigenvalue weighted by molar-refractivity contribution is -0.0990. The van der Waals surface area contributed by atoms with Crippen LogP contribution in [0.25, 0.3) is 0 Å². The van der Waals surface area contributed by atoms with Gasteiger partial charge in [0.25, 0.3) is 0 Å². The summed E-state index contributed by atoms with van der Waals surface area (Å²) in [5, 5.41) is 10.3. The summed E-state index contributed by atoms with van der Waals surface area (Å²) in [6, 6.07) is 0. The zero-order valence-electron chi connectivity index (χ0n) is 12.9. The standard InChI is InChI=1S/C16H25NO3/c1-11-10-17-14(12(2)15(11)19-3)8-13(18)9-16(20-4)6-5-7-16/h10,13,18H,5-9H2,1-4H3. The summed E-state index contributed by atoms with van der Waals surface area (Å²) in [4.78, 5) is 4.45. The quantitative estimate of drug-likeness (QED) is 0.869. The van der Waals surface area contributed by atoms with Crippen LogP contribution in [0.3, 0.4) is 0 Å². The van der Waals surface area contributed by atoms with Crippen molar-refractivity contribution < 1.29 is 14.6 Å². The van der Waals surface area contributed by atoms with Gasteiger partial charge in [0.05, 0.1) is 18.8 Å². The third kappa shape index (κ3) is 2.96. The lowest BCUT2D eigenvalue weighted by Crippen LogP contribution is -2.42.